The zero-order valence-corrected chi connectivity index (χ0v) is 16.4. The van der Waals surface area contributed by atoms with E-state index in [2.05, 4.69) is 23.7 Å². The van der Waals surface area contributed by atoms with Crippen molar-refractivity contribution < 1.29 is 4.79 Å². The molecule has 0 saturated carbocycles. The first-order valence-electron chi connectivity index (χ1n) is 9.06. The van der Waals surface area contributed by atoms with Gasteiger partial charge in [-0.3, -0.25) is 10.2 Å². The smallest absolute Gasteiger partial charge is 0.251 e. The van der Waals surface area contributed by atoms with E-state index < -0.39 is 0 Å². The minimum atomic E-state index is -0.0797. The molecule has 0 unspecified atom stereocenters. The number of benzene rings is 2. The van der Waals surface area contributed by atoms with Gasteiger partial charge in [0.2, 0.25) is 0 Å². The Labute approximate surface area is 166 Å². The van der Waals surface area contributed by atoms with Gasteiger partial charge in [0.25, 0.3) is 5.91 Å². The molecule has 0 heterocycles. The van der Waals surface area contributed by atoms with Gasteiger partial charge in [-0.05, 0) is 49.2 Å². The van der Waals surface area contributed by atoms with E-state index in [9.17, 15) is 4.79 Å². The minimum Gasteiger partial charge on any atom is -0.384 e. The van der Waals surface area contributed by atoms with Crippen LogP contribution in [0.15, 0.2) is 55.1 Å². The largest absolute Gasteiger partial charge is 0.384 e. The fraction of sp³-hybridized carbons (Fsp3) is 0.217. The summed E-state index contributed by atoms with van der Waals surface area (Å²) in [6.07, 6.45) is 2.52. The maximum absolute atomic E-state index is 12.2. The van der Waals surface area contributed by atoms with Gasteiger partial charge in [-0.15, -0.1) is 6.58 Å². The fourth-order valence-corrected chi connectivity index (χ4v) is 2.64. The Morgan fingerprint density at radius 1 is 1.32 bits per heavy atom. The van der Waals surface area contributed by atoms with E-state index in [0.29, 0.717) is 24.2 Å². The Morgan fingerprint density at radius 2 is 2.11 bits per heavy atom. The molecule has 0 radical (unpaired) electrons. The van der Waals surface area contributed by atoms with Crippen LogP contribution in [0.4, 0.5) is 5.69 Å². The van der Waals surface area contributed by atoms with Crippen molar-refractivity contribution in [2.24, 2.45) is 5.73 Å². The Hall–Kier alpha value is -3.52. The van der Waals surface area contributed by atoms with Gasteiger partial charge >= 0.3 is 0 Å². The number of nitrogens with two attached hydrogens (primary N) is 1. The zero-order valence-electron chi connectivity index (χ0n) is 16.4. The summed E-state index contributed by atoms with van der Waals surface area (Å²) in [5, 5.41) is 10.4. The molecule has 0 aliphatic rings. The number of carbonyl (C=O) groups excluding carboxylic acids is 1. The van der Waals surface area contributed by atoms with E-state index in [-0.39, 0.29) is 11.7 Å². The van der Waals surface area contributed by atoms with Crippen LogP contribution in [0.1, 0.15) is 33.5 Å². The van der Waals surface area contributed by atoms with Gasteiger partial charge in [0.1, 0.15) is 5.84 Å². The second kappa shape index (κ2) is 9.98. The number of anilines is 1. The van der Waals surface area contributed by atoms with Crippen LogP contribution < -0.4 is 16.0 Å². The van der Waals surface area contributed by atoms with Gasteiger partial charge in [-0.25, -0.2) is 0 Å². The Kier molecular flexibility index (Phi) is 7.41. The number of amidine groups is 1. The average molecular weight is 374 g/mol. The molecule has 0 bridgehead atoms. The molecule has 5 nitrogen and oxygen atoms in total. The third-order valence-corrected chi connectivity index (χ3v) is 4.25. The van der Waals surface area contributed by atoms with E-state index in [1.807, 2.05) is 61.3 Å². The molecule has 0 fully saturated rings. The first-order valence-corrected chi connectivity index (χ1v) is 9.06. The summed E-state index contributed by atoms with van der Waals surface area (Å²) in [4.78, 5) is 14.2. The highest BCUT2D eigenvalue weighted by Crippen LogP contribution is 2.14. The van der Waals surface area contributed by atoms with Crippen LogP contribution in [0.2, 0.25) is 0 Å². The van der Waals surface area contributed by atoms with Crippen LogP contribution in [0.3, 0.4) is 0 Å². The highest BCUT2D eigenvalue weighted by atomic mass is 16.1. The number of nitrogens with one attached hydrogen (secondary N) is 2. The zero-order chi connectivity index (χ0) is 20.5. The molecule has 4 N–H and O–H groups in total. The first kappa shape index (κ1) is 20.8. The molecule has 0 aromatic heterocycles. The molecule has 2 aromatic rings. The van der Waals surface area contributed by atoms with Crippen LogP contribution in [-0.4, -0.2) is 31.9 Å². The molecule has 2 aromatic carbocycles. The number of aryl methyl sites for hydroxylation is 1. The van der Waals surface area contributed by atoms with Crippen LogP contribution in [-0.2, 0) is 0 Å². The minimum absolute atomic E-state index is 0.0467. The van der Waals surface area contributed by atoms with Gasteiger partial charge in [-0.2, -0.15) is 0 Å². The third-order valence-electron chi connectivity index (χ3n) is 4.25. The number of amides is 1. The number of hydrogen-bond donors (Lipinski definition) is 3. The maximum Gasteiger partial charge on any atom is 0.251 e. The highest BCUT2D eigenvalue weighted by molar-refractivity contribution is 5.96. The Bertz CT molecular complexity index is 937. The summed E-state index contributed by atoms with van der Waals surface area (Å²) in [7, 11) is 1.94. The van der Waals surface area contributed by atoms with Crippen molar-refractivity contribution >= 4 is 17.4 Å². The number of hydrogen-bond acceptors (Lipinski definition) is 3. The summed E-state index contributed by atoms with van der Waals surface area (Å²) >= 11 is 0. The van der Waals surface area contributed by atoms with Gasteiger partial charge in [-0.1, -0.05) is 30.0 Å². The van der Waals surface area contributed by atoms with E-state index in [0.717, 1.165) is 23.2 Å². The molecule has 0 saturated heterocycles. The molecular weight excluding hydrogens is 348 g/mol. The highest BCUT2D eigenvalue weighted by Gasteiger charge is 2.08. The summed E-state index contributed by atoms with van der Waals surface area (Å²) in [6, 6.07) is 13.1. The average Bonchev–Trinajstić information content (AvgIpc) is 2.68. The lowest BCUT2D eigenvalue weighted by Crippen LogP contribution is -2.24. The second-order valence-corrected chi connectivity index (χ2v) is 6.48. The molecule has 0 aliphatic carbocycles. The van der Waals surface area contributed by atoms with Gasteiger partial charge in [0.05, 0.1) is 6.54 Å². The summed E-state index contributed by atoms with van der Waals surface area (Å²) in [6.45, 7) is 6.67. The Morgan fingerprint density at radius 3 is 2.79 bits per heavy atom. The predicted molar refractivity (Wildman–Crippen MR) is 116 cm³/mol. The lowest BCUT2D eigenvalue weighted by Gasteiger charge is -2.16. The second-order valence-electron chi connectivity index (χ2n) is 6.48. The van der Waals surface area contributed by atoms with Crippen molar-refractivity contribution in [2.75, 3.05) is 25.0 Å². The number of nitrogens with zero attached hydrogens (tertiary/aromatic N) is 1. The quantitative estimate of drug-likeness (QED) is 0.229. The lowest BCUT2D eigenvalue weighted by atomic mass is 10.0. The number of rotatable bonds is 7. The SMILES string of the molecule is C=CCCNC(=O)c1ccc(C#CCN(C)c2cccc(C(=N)N)c2)cc1C. The summed E-state index contributed by atoms with van der Waals surface area (Å²) in [5.41, 5.74) is 9.60. The molecule has 144 valence electrons. The third kappa shape index (κ3) is 5.75. The van der Waals surface area contributed by atoms with Crippen molar-refractivity contribution in [1.82, 2.24) is 5.32 Å². The normalized spacial score (nSPS) is 9.79. The molecule has 28 heavy (non-hydrogen) atoms. The first-order chi connectivity index (χ1) is 13.4. The van der Waals surface area contributed by atoms with Crippen molar-refractivity contribution in [3.63, 3.8) is 0 Å². The predicted octanol–water partition coefficient (Wildman–Crippen LogP) is 3.07. The van der Waals surface area contributed by atoms with Gasteiger partial charge < -0.3 is 16.0 Å². The summed E-state index contributed by atoms with van der Waals surface area (Å²) in [5.74, 6) is 6.25. The van der Waals surface area contributed by atoms with E-state index >= 15 is 0 Å². The molecular formula is C23H26N4O. The lowest BCUT2D eigenvalue weighted by molar-refractivity contribution is 0.0954. The van der Waals surface area contributed by atoms with Gasteiger partial charge in [0, 0.05) is 36.0 Å². The molecule has 5 heteroatoms. The summed E-state index contributed by atoms with van der Waals surface area (Å²) < 4.78 is 0. The maximum atomic E-state index is 12.2. The van der Waals surface area contributed by atoms with Crippen molar-refractivity contribution in [3.8, 4) is 11.8 Å². The van der Waals surface area contributed by atoms with Crippen LogP contribution in [0.25, 0.3) is 0 Å². The molecule has 1 amide bonds. The van der Waals surface area contributed by atoms with E-state index in [1.54, 1.807) is 6.08 Å². The van der Waals surface area contributed by atoms with E-state index in [1.165, 1.54) is 0 Å². The van der Waals surface area contributed by atoms with Crippen LogP contribution in [0, 0.1) is 24.2 Å². The molecule has 0 aliphatic heterocycles. The molecule has 0 atom stereocenters. The van der Waals surface area contributed by atoms with Crippen molar-refractivity contribution in [2.45, 2.75) is 13.3 Å². The van der Waals surface area contributed by atoms with Crippen LogP contribution in [0.5, 0.6) is 0 Å². The monoisotopic (exact) mass is 374 g/mol. The standard InChI is InChI=1S/C23H26N4O/c1-4-5-13-26-23(28)21-12-11-18(15-17(21)2)8-7-14-27(3)20-10-6-9-19(16-20)22(24)25/h4,6,9-12,15-16H,1,5,13-14H2,2-3H3,(H3,24,25)(H,26,28). The molecule has 2 rings (SSSR count). The van der Waals surface area contributed by atoms with Crippen molar-refractivity contribution in [1.29, 1.82) is 5.41 Å². The molecule has 0 spiro atoms. The van der Waals surface area contributed by atoms with E-state index in [4.69, 9.17) is 11.1 Å². The topological polar surface area (TPSA) is 82.2 Å². The van der Waals surface area contributed by atoms with Crippen molar-refractivity contribution in [3.05, 3.63) is 77.4 Å². The van der Waals surface area contributed by atoms with Crippen LogP contribution >= 0.6 is 0 Å². The fourth-order valence-electron chi connectivity index (χ4n) is 2.64. The number of nitrogen functional groups attached to an aromatic ring is 1. The Balaban J connectivity index is 2.03. The van der Waals surface area contributed by atoms with Gasteiger partial charge in [0.15, 0.2) is 0 Å². The number of carbonyl (C=O) groups is 1.